The van der Waals surface area contributed by atoms with Gasteiger partial charge in [-0.2, -0.15) is 0 Å². The molecule has 1 aliphatic carbocycles. The number of unbranched alkanes of at least 4 members (excludes halogenated alkanes) is 1. The quantitative estimate of drug-likeness (QED) is 0.501. The minimum Gasteiger partial charge on any atom is -0.464 e. The summed E-state index contributed by atoms with van der Waals surface area (Å²) >= 11 is 0. The molecule has 2 aliphatic rings. The molecule has 0 radical (unpaired) electrons. The fourth-order valence-electron chi connectivity index (χ4n) is 3.18. The summed E-state index contributed by atoms with van der Waals surface area (Å²) in [5.41, 5.74) is 6.58. The predicted molar refractivity (Wildman–Crippen MR) is 84.9 cm³/mol. The molecule has 0 aromatic heterocycles. The van der Waals surface area contributed by atoms with Crippen LogP contribution in [-0.2, 0) is 31.1 Å². The first-order valence-electron chi connectivity index (χ1n) is 8.07. The predicted octanol–water partition coefficient (Wildman–Crippen LogP) is 1.73. The summed E-state index contributed by atoms with van der Waals surface area (Å²) in [6.45, 7) is 1.83. The second kappa shape index (κ2) is 6.14. The Labute approximate surface area is 139 Å². The summed E-state index contributed by atoms with van der Waals surface area (Å²) in [6, 6.07) is 5.17. The van der Waals surface area contributed by atoms with Crippen LogP contribution >= 0.6 is 0 Å². The van der Waals surface area contributed by atoms with Gasteiger partial charge in [0.05, 0.1) is 6.61 Å². The number of hydrogen-bond donors (Lipinski definition) is 1. The third-order valence-corrected chi connectivity index (χ3v) is 4.43. The van der Waals surface area contributed by atoms with E-state index in [1.807, 2.05) is 6.92 Å². The van der Waals surface area contributed by atoms with Crippen LogP contribution in [0.15, 0.2) is 18.2 Å². The van der Waals surface area contributed by atoms with E-state index < -0.39 is 30.1 Å². The van der Waals surface area contributed by atoms with Crippen molar-refractivity contribution in [2.75, 3.05) is 18.9 Å². The average Bonchev–Trinajstić information content (AvgIpc) is 3.01. The minimum absolute atomic E-state index is 0.277. The van der Waals surface area contributed by atoms with Crippen molar-refractivity contribution in [2.45, 2.75) is 38.2 Å². The summed E-state index contributed by atoms with van der Waals surface area (Å²) in [6.07, 6.45) is 1.77. The van der Waals surface area contributed by atoms with Gasteiger partial charge >= 0.3 is 12.1 Å². The lowest BCUT2D eigenvalue weighted by Crippen LogP contribution is -2.40. The van der Waals surface area contributed by atoms with Crippen LogP contribution in [0.3, 0.4) is 0 Å². The van der Waals surface area contributed by atoms with Crippen molar-refractivity contribution in [2.24, 2.45) is 0 Å². The number of ether oxygens (including phenoxy) is 2. The molecule has 2 amide bonds. The van der Waals surface area contributed by atoms with E-state index in [0.29, 0.717) is 24.1 Å². The van der Waals surface area contributed by atoms with E-state index in [0.717, 1.165) is 23.3 Å². The number of rotatable bonds is 5. The van der Waals surface area contributed by atoms with Crippen molar-refractivity contribution in [1.82, 2.24) is 4.90 Å². The molecule has 0 bridgehead atoms. The number of anilines is 1. The molecular formula is C17H20N2O5. The van der Waals surface area contributed by atoms with E-state index in [9.17, 15) is 14.4 Å². The highest BCUT2D eigenvalue weighted by molar-refractivity contribution is 6.06. The van der Waals surface area contributed by atoms with Gasteiger partial charge in [-0.1, -0.05) is 19.4 Å². The molecule has 1 saturated heterocycles. The van der Waals surface area contributed by atoms with E-state index in [1.54, 1.807) is 18.2 Å². The van der Waals surface area contributed by atoms with Crippen LogP contribution in [0, 0.1) is 0 Å². The molecule has 7 heteroatoms. The van der Waals surface area contributed by atoms with Crippen LogP contribution in [-0.4, -0.2) is 36.0 Å². The fourth-order valence-corrected chi connectivity index (χ4v) is 3.18. The Hall–Kier alpha value is -2.57. The summed E-state index contributed by atoms with van der Waals surface area (Å²) < 4.78 is 10.4. The molecule has 1 aliphatic heterocycles. The molecule has 2 N–H and O–H groups in total. The van der Waals surface area contributed by atoms with Crippen molar-refractivity contribution in [3.63, 3.8) is 0 Å². The number of fused-ring (bicyclic) bond motifs is 2. The molecule has 1 aromatic rings. The summed E-state index contributed by atoms with van der Waals surface area (Å²) in [7, 11) is 0. The van der Waals surface area contributed by atoms with E-state index in [-0.39, 0.29) is 6.61 Å². The number of nitrogens with two attached hydrogens (primary N) is 1. The van der Waals surface area contributed by atoms with Crippen molar-refractivity contribution < 1.29 is 23.9 Å². The first-order chi connectivity index (χ1) is 11.5. The smallest absolute Gasteiger partial charge is 0.418 e. The number of nitrogens with zero attached hydrogens (tertiary/aromatic N) is 1. The lowest BCUT2D eigenvalue weighted by molar-refractivity contribution is -0.148. The summed E-state index contributed by atoms with van der Waals surface area (Å²) in [5, 5.41) is 0. The van der Waals surface area contributed by atoms with Gasteiger partial charge in [-0.05, 0) is 30.5 Å². The topological polar surface area (TPSA) is 98.9 Å². The first-order valence-corrected chi connectivity index (χ1v) is 8.07. The zero-order chi connectivity index (χ0) is 17.3. The Kier molecular flexibility index (Phi) is 4.17. The van der Waals surface area contributed by atoms with E-state index in [4.69, 9.17) is 15.2 Å². The summed E-state index contributed by atoms with van der Waals surface area (Å²) in [4.78, 5) is 37.6. The van der Waals surface area contributed by atoms with Gasteiger partial charge in [-0.3, -0.25) is 9.59 Å². The van der Waals surface area contributed by atoms with Crippen LogP contribution in [0.25, 0.3) is 0 Å². The molecule has 0 saturated carbocycles. The van der Waals surface area contributed by atoms with E-state index in [1.165, 1.54) is 0 Å². The molecule has 1 unspecified atom stereocenters. The molecule has 7 nitrogen and oxygen atoms in total. The van der Waals surface area contributed by atoms with E-state index >= 15 is 0 Å². The van der Waals surface area contributed by atoms with Crippen LogP contribution in [0.4, 0.5) is 10.5 Å². The van der Waals surface area contributed by atoms with Gasteiger partial charge in [0.2, 0.25) is 5.60 Å². The zero-order valence-electron chi connectivity index (χ0n) is 13.5. The molecule has 128 valence electrons. The number of nitrogen functional groups attached to an aromatic ring is 1. The lowest BCUT2D eigenvalue weighted by Gasteiger charge is -2.20. The van der Waals surface area contributed by atoms with Gasteiger partial charge in [-0.15, -0.1) is 0 Å². The van der Waals surface area contributed by atoms with Crippen LogP contribution < -0.4 is 5.73 Å². The normalized spacial score (nSPS) is 22.0. The Morgan fingerprint density at radius 2 is 2.21 bits per heavy atom. The number of aryl methyl sites for hydroxylation is 1. The van der Waals surface area contributed by atoms with Crippen LogP contribution in [0.5, 0.6) is 0 Å². The largest absolute Gasteiger partial charge is 0.464 e. The van der Waals surface area contributed by atoms with Gasteiger partial charge < -0.3 is 15.2 Å². The zero-order valence-corrected chi connectivity index (χ0v) is 13.5. The second-order valence-electron chi connectivity index (χ2n) is 6.08. The Morgan fingerprint density at radius 3 is 2.96 bits per heavy atom. The van der Waals surface area contributed by atoms with Gasteiger partial charge in [0, 0.05) is 17.7 Å². The molecule has 1 spiro atoms. The van der Waals surface area contributed by atoms with Crippen molar-refractivity contribution in [3.05, 3.63) is 29.3 Å². The van der Waals surface area contributed by atoms with Gasteiger partial charge in [-0.25, -0.2) is 9.69 Å². The molecular weight excluding hydrogens is 312 g/mol. The highest BCUT2D eigenvalue weighted by atomic mass is 16.6. The maximum atomic E-state index is 12.8. The van der Waals surface area contributed by atoms with Crippen LogP contribution in [0.1, 0.15) is 37.3 Å². The second-order valence-corrected chi connectivity index (χ2v) is 6.08. The number of esters is 1. The molecule has 1 heterocycles. The standard InChI is InChI=1S/C17H20N2O5/c1-2-3-8-23-14(20)10-19-15(21)17(24-16(19)22)7-6-11-9-12(18)4-5-13(11)17/h4-5,9H,2-3,6-8,10,18H2,1H3. The monoisotopic (exact) mass is 332 g/mol. The number of hydrogen-bond acceptors (Lipinski definition) is 6. The molecule has 1 fully saturated rings. The molecule has 3 rings (SSSR count). The fraction of sp³-hybridized carbons (Fsp3) is 0.471. The molecule has 24 heavy (non-hydrogen) atoms. The third-order valence-electron chi connectivity index (χ3n) is 4.43. The molecule has 1 atom stereocenters. The van der Waals surface area contributed by atoms with Crippen molar-refractivity contribution >= 4 is 23.7 Å². The van der Waals surface area contributed by atoms with Gasteiger partial charge in [0.1, 0.15) is 6.54 Å². The molecule has 1 aromatic carbocycles. The van der Waals surface area contributed by atoms with E-state index in [2.05, 4.69) is 0 Å². The number of amides is 2. The maximum absolute atomic E-state index is 12.8. The lowest BCUT2D eigenvalue weighted by atomic mass is 9.95. The Balaban J connectivity index is 1.77. The number of benzene rings is 1. The van der Waals surface area contributed by atoms with Gasteiger partial charge in [0.15, 0.2) is 0 Å². The highest BCUT2D eigenvalue weighted by Gasteiger charge is 2.58. The minimum atomic E-state index is -1.33. The van der Waals surface area contributed by atoms with Crippen molar-refractivity contribution in [1.29, 1.82) is 0 Å². The number of imide groups is 1. The third kappa shape index (κ3) is 2.60. The number of carbonyl (C=O) groups excluding carboxylic acids is 3. The Morgan fingerprint density at radius 1 is 1.42 bits per heavy atom. The van der Waals surface area contributed by atoms with Crippen molar-refractivity contribution in [3.8, 4) is 0 Å². The first kappa shape index (κ1) is 16.3. The highest BCUT2D eigenvalue weighted by Crippen LogP contribution is 2.45. The number of carbonyl (C=O) groups is 3. The summed E-state index contributed by atoms with van der Waals surface area (Å²) in [5.74, 6) is -1.12. The van der Waals surface area contributed by atoms with Crippen LogP contribution in [0.2, 0.25) is 0 Å². The maximum Gasteiger partial charge on any atom is 0.418 e. The average molecular weight is 332 g/mol. The SMILES string of the molecule is CCCCOC(=O)CN1C(=O)OC2(CCc3cc(N)ccc32)C1=O. The Bertz CT molecular complexity index is 702. The van der Waals surface area contributed by atoms with Gasteiger partial charge in [0.25, 0.3) is 5.91 Å².